The number of H-pyrrole nitrogens is 1. The van der Waals surface area contributed by atoms with E-state index < -0.39 is 6.04 Å². The minimum absolute atomic E-state index is 0.0120. The van der Waals surface area contributed by atoms with Crippen molar-refractivity contribution in [3.63, 3.8) is 0 Å². The molecular weight excluding hydrogens is 244 g/mol. The quantitative estimate of drug-likeness (QED) is 0.728. The van der Waals surface area contributed by atoms with E-state index in [2.05, 4.69) is 27.8 Å². The smallest absolute Gasteiger partial charge is 0.248 e. The van der Waals surface area contributed by atoms with Crippen LogP contribution in [0.5, 0.6) is 0 Å². The summed E-state index contributed by atoms with van der Waals surface area (Å²) in [5.41, 5.74) is 0.985. The van der Waals surface area contributed by atoms with E-state index in [1.807, 2.05) is 19.9 Å². The second-order valence-corrected chi connectivity index (χ2v) is 4.94. The van der Waals surface area contributed by atoms with Crippen LogP contribution < -0.4 is 10.6 Å². The molecule has 6 heteroatoms. The standard InChI is InChI=1S/C13H22N4O2/c1-5-6-10-7-11(17-16-10)15-13(19)12(8(2)3)14-9(4)18/h7-8,12H,5-6H2,1-4H3,(H,14,18)(H2,15,16,17,19). The van der Waals surface area contributed by atoms with Crippen molar-refractivity contribution in [3.05, 3.63) is 11.8 Å². The van der Waals surface area contributed by atoms with E-state index in [1.165, 1.54) is 6.92 Å². The lowest BCUT2D eigenvalue weighted by Crippen LogP contribution is -2.46. The highest BCUT2D eigenvalue weighted by Gasteiger charge is 2.23. The molecule has 0 bridgehead atoms. The van der Waals surface area contributed by atoms with Gasteiger partial charge in [0.1, 0.15) is 6.04 Å². The van der Waals surface area contributed by atoms with E-state index in [4.69, 9.17) is 0 Å². The molecule has 3 N–H and O–H groups in total. The molecule has 0 saturated heterocycles. The first kappa shape index (κ1) is 15.2. The molecule has 19 heavy (non-hydrogen) atoms. The predicted molar refractivity (Wildman–Crippen MR) is 73.7 cm³/mol. The normalized spacial score (nSPS) is 12.3. The number of anilines is 1. The van der Waals surface area contributed by atoms with Crippen LogP contribution in [-0.2, 0) is 16.0 Å². The summed E-state index contributed by atoms with van der Waals surface area (Å²) in [6.07, 6.45) is 1.90. The number of rotatable bonds is 6. The number of amides is 2. The Morgan fingerprint density at radius 2 is 2.11 bits per heavy atom. The van der Waals surface area contributed by atoms with Crippen LogP contribution in [0.25, 0.3) is 0 Å². The third-order valence-corrected chi connectivity index (χ3v) is 2.71. The van der Waals surface area contributed by atoms with E-state index in [1.54, 1.807) is 0 Å². The zero-order valence-corrected chi connectivity index (χ0v) is 11.9. The number of aromatic nitrogens is 2. The van der Waals surface area contributed by atoms with Gasteiger partial charge in [0.2, 0.25) is 11.8 Å². The summed E-state index contributed by atoms with van der Waals surface area (Å²) < 4.78 is 0. The summed E-state index contributed by atoms with van der Waals surface area (Å²) in [6, 6.07) is 1.26. The second kappa shape index (κ2) is 6.92. The van der Waals surface area contributed by atoms with Crippen molar-refractivity contribution in [3.8, 4) is 0 Å². The molecule has 1 heterocycles. The molecular formula is C13H22N4O2. The largest absolute Gasteiger partial charge is 0.344 e. The van der Waals surface area contributed by atoms with Crippen LogP contribution in [-0.4, -0.2) is 28.1 Å². The number of carbonyl (C=O) groups is 2. The number of carbonyl (C=O) groups excluding carboxylic acids is 2. The fourth-order valence-corrected chi connectivity index (χ4v) is 1.78. The summed E-state index contributed by atoms with van der Waals surface area (Å²) in [5, 5.41) is 12.2. The van der Waals surface area contributed by atoms with Crippen LogP contribution in [0.2, 0.25) is 0 Å². The minimum atomic E-state index is -0.552. The molecule has 1 aromatic rings. The average molecular weight is 266 g/mol. The SMILES string of the molecule is CCCc1cc(NC(=O)C(NC(C)=O)C(C)C)n[nH]1. The van der Waals surface area contributed by atoms with Crippen LogP contribution in [0.4, 0.5) is 5.82 Å². The van der Waals surface area contributed by atoms with Crippen LogP contribution in [0.3, 0.4) is 0 Å². The van der Waals surface area contributed by atoms with Gasteiger partial charge in [0.25, 0.3) is 0 Å². The predicted octanol–water partition coefficient (Wildman–Crippen LogP) is 1.46. The first-order valence-electron chi connectivity index (χ1n) is 6.56. The van der Waals surface area contributed by atoms with Gasteiger partial charge < -0.3 is 10.6 Å². The fraction of sp³-hybridized carbons (Fsp3) is 0.615. The first-order chi connectivity index (χ1) is 8.93. The molecule has 1 rings (SSSR count). The zero-order chi connectivity index (χ0) is 14.4. The van der Waals surface area contributed by atoms with Crippen molar-refractivity contribution in [1.29, 1.82) is 0 Å². The molecule has 0 radical (unpaired) electrons. The van der Waals surface area contributed by atoms with Gasteiger partial charge in [0, 0.05) is 18.7 Å². The molecule has 6 nitrogen and oxygen atoms in total. The number of nitrogens with one attached hydrogen (secondary N) is 3. The first-order valence-corrected chi connectivity index (χ1v) is 6.56. The fourth-order valence-electron chi connectivity index (χ4n) is 1.78. The van der Waals surface area contributed by atoms with Crippen molar-refractivity contribution in [2.24, 2.45) is 5.92 Å². The number of aromatic amines is 1. The van der Waals surface area contributed by atoms with Crippen LogP contribution in [0.15, 0.2) is 6.07 Å². The van der Waals surface area contributed by atoms with Crippen molar-refractivity contribution < 1.29 is 9.59 Å². The number of aryl methyl sites for hydroxylation is 1. The summed E-state index contributed by atoms with van der Waals surface area (Å²) in [6.45, 7) is 7.24. The summed E-state index contributed by atoms with van der Waals surface area (Å²) in [5.74, 6) is 0.0321. The van der Waals surface area contributed by atoms with E-state index in [-0.39, 0.29) is 17.7 Å². The Morgan fingerprint density at radius 1 is 1.42 bits per heavy atom. The molecule has 1 aromatic heterocycles. The van der Waals surface area contributed by atoms with Gasteiger partial charge in [0.05, 0.1) is 0 Å². The molecule has 0 aliphatic heterocycles. The van der Waals surface area contributed by atoms with E-state index >= 15 is 0 Å². The maximum atomic E-state index is 12.1. The van der Waals surface area contributed by atoms with Crippen LogP contribution >= 0.6 is 0 Å². The van der Waals surface area contributed by atoms with Crippen molar-refractivity contribution in [2.75, 3.05) is 5.32 Å². The molecule has 0 aliphatic rings. The molecule has 0 aliphatic carbocycles. The second-order valence-electron chi connectivity index (χ2n) is 4.94. The molecule has 1 unspecified atom stereocenters. The molecule has 0 spiro atoms. The third kappa shape index (κ3) is 4.73. The molecule has 0 saturated carbocycles. The van der Waals surface area contributed by atoms with Gasteiger partial charge in [-0.2, -0.15) is 5.10 Å². The van der Waals surface area contributed by atoms with Gasteiger partial charge in [-0.15, -0.1) is 0 Å². The summed E-state index contributed by atoms with van der Waals surface area (Å²) in [7, 11) is 0. The molecule has 2 amide bonds. The lowest BCUT2D eigenvalue weighted by molar-refractivity contribution is -0.126. The maximum Gasteiger partial charge on any atom is 0.248 e. The highest BCUT2D eigenvalue weighted by atomic mass is 16.2. The van der Waals surface area contributed by atoms with E-state index in [0.29, 0.717) is 5.82 Å². The summed E-state index contributed by atoms with van der Waals surface area (Å²) >= 11 is 0. The van der Waals surface area contributed by atoms with Crippen molar-refractivity contribution >= 4 is 17.6 Å². The number of nitrogens with zero attached hydrogens (tertiary/aromatic N) is 1. The average Bonchev–Trinajstić information content (AvgIpc) is 2.73. The monoisotopic (exact) mass is 266 g/mol. The number of hydrogen-bond acceptors (Lipinski definition) is 3. The highest BCUT2D eigenvalue weighted by molar-refractivity contribution is 5.96. The Balaban J connectivity index is 2.67. The molecule has 0 fully saturated rings. The zero-order valence-electron chi connectivity index (χ0n) is 11.9. The van der Waals surface area contributed by atoms with Gasteiger partial charge in [-0.25, -0.2) is 0 Å². The summed E-state index contributed by atoms with van der Waals surface area (Å²) in [4.78, 5) is 23.2. The van der Waals surface area contributed by atoms with Crippen molar-refractivity contribution in [1.82, 2.24) is 15.5 Å². The molecule has 0 aromatic carbocycles. The van der Waals surface area contributed by atoms with Gasteiger partial charge in [0.15, 0.2) is 5.82 Å². The Kier molecular flexibility index (Phi) is 5.54. The maximum absolute atomic E-state index is 12.1. The third-order valence-electron chi connectivity index (χ3n) is 2.71. The Bertz CT molecular complexity index is 440. The van der Waals surface area contributed by atoms with Crippen LogP contribution in [0, 0.1) is 5.92 Å². The molecule has 1 atom stereocenters. The van der Waals surface area contributed by atoms with Gasteiger partial charge in [-0.05, 0) is 12.3 Å². The minimum Gasteiger partial charge on any atom is -0.344 e. The van der Waals surface area contributed by atoms with E-state index in [0.717, 1.165) is 18.5 Å². The van der Waals surface area contributed by atoms with E-state index in [9.17, 15) is 9.59 Å². The van der Waals surface area contributed by atoms with Gasteiger partial charge in [-0.3, -0.25) is 14.7 Å². The van der Waals surface area contributed by atoms with Crippen molar-refractivity contribution in [2.45, 2.75) is 46.6 Å². The molecule has 106 valence electrons. The highest BCUT2D eigenvalue weighted by Crippen LogP contribution is 2.10. The Morgan fingerprint density at radius 3 is 2.63 bits per heavy atom. The number of hydrogen-bond donors (Lipinski definition) is 3. The van der Waals surface area contributed by atoms with Gasteiger partial charge >= 0.3 is 0 Å². The topological polar surface area (TPSA) is 86.9 Å². The van der Waals surface area contributed by atoms with Crippen LogP contribution in [0.1, 0.15) is 39.8 Å². The Labute approximate surface area is 113 Å². The lowest BCUT2D eigenvalue weighted by atomic mass is 10.0. The Hall–Kier alpha value is -1.85. The van der Waals surface area contributed by atoms with Gasteiger partial charge in [-0.1, -0.05) is 27.2 Å². The lowest BCUT2D eigenvalue weighted by Gasteiger charge is -2.20.